The minimum absolute atomic E-state index is 0.0187. The molecule has 0 spiro atoms. The number of likely N-dealkylation sites (tertiary alicyclic amines) is 2. The Morgan fingerprint density at radius 1 is 1.05 bits per heavy atom. The number of aromatic amines is 1. The molecule has 9 heteroatoms. The van der Waals surface area contributed by atoms with E-state index in [1.807, 2.05) is 40.1 Å². The molecule has 2 amide bonds. The zero-order valence-electron chi connectivity index (χ0n) is 21.3. The summed E-state index contributed by atoms with van der Waals surface area (Å²) in [4.78, 5) is 50.2. The molecule has 2 fully saturated rings. The van der Waals surface area contributed by atoms with E-state index in [0.717, 1.165) is 11.9 Å². The van der Waals surface area contributed by atoms with Gasteiger partial charge in [-0.05, 0) is 43.4 Å². The van der Waals surface area contributed by atoms with Gasteiger partial charge < -0.3 is 14.5 Å². The Kier molecular flexibility index (Phi) is 7.69. The number of ether oxygens (including phenoxy) is 1. The topological polar surface area (TPSA) is 101 Å². The van der Waals surface area contributed by atoms with Gasteiger partial charge in [0, 0.05) is 63.8 Å². The van der Waals surface area contributed by atoms with Gasteiger partial charge in [-0.3, -0.25) is 19.1 Å². The first-order chi connectivity index (χ1) is 18.0. The number of carbonyl (C=O) groups is 2. The Hall–Kier alpha value is -3.46. The molecule has 0 saturated carbocycles. The maximum Gasteiger partial charge on any atom is 0.327 e. The van der Waals surface area contributed by atoms with Gasteiger partial charge in [-0.1, -0.05) is 30.3 Å². The number of hydrogen-bond donors (Lipinski definition) is 1. The number of rotatable bonds is 7. The summed E-state index contributed by atoms with van der Waals surface area (Å²) in [7, 11) is 1.64. The Bertz CT molecular complexity index is 1280. The fourth-order valence-electron chi connectivity index (χ4n) is 5.86. The summed E-state index contributed by atoms with van der Waals surface area (Å²) < 4.78 is 7.04. The van der Waals surface area contributed by atoms with Gasteiger partial charge in [0.1, 0.15) is 0 Å². The highest BCUT2D eigenvalue weighted by atomic mass is 16.5. The van der Waals surface area contributed by atoms with Crippen LogP contribution >= 0.6 is 0 Å². The zero-order valence-corrected chi connectivity index (χ0v) is 21.3. The molecular formula is C28H35N5O4. The first-order valence-corrected chi connectivity index (χ1v) is 13.2. The van der Waals surface area contributed by atoms with Crippen LogP contribution in [0.25, 0.3) is 11.2 Å². The smallest absolute Gasteiger partial charge is 0.327 e. The fourth-order valence-corrected chi connectivity index (χ4v) is 5.86. The van der Waals surface area contributed by atoms with Gasteiger partial charge in [-0.15, -0.1) is 0 Å². The molecule has 37 heavy (non-hydrogen) atoms. The van der Waals surface area contributed by atoms with E-state index in [2.05, 4.69) is 22.1 Å². The largest absolute Gasteiger partial charge is 0.383 e. The second kappa shape index (κ2) is 11.3. The normalized spacial score (nSPS) is 21.4. The number of benzene rings is 1. The van der Waals surface area contributed by atoms with Crippen LogP contribution in [0.3, 0.4) is 0 Å². The van der Waals surface area contributed by atoms with Crippen molar-refractivity contribution in [1.82, 2.24) is 24.3 Å². The monoisotopic (exact) mass is 505 g/mol. The van der Waals surface area contributed by atoms with Gasteiger partial charge in [-0.25, -0.2) is 9.78 Å². The van der Waals surface area contributed by atoms with Crippen molar-refractivity contribution in [2.45, 2.75) is 44.1 Å². The van der Waals surface area contributed by atoms with Crippen LogP contribution < -0.4 is 5.69 Å². The van der Waals surface area contributed by atoms with Crippen LogP contribution in [0, 0.1) is 5.92 Å². The van der Waals surface area contributed by atoms with Crippen LogP contribution in [0.15, 0.2) is 53.5 Å². The Morgan fingerprint density at radius 3 is 2.59 bits per heavy atom. The van der Waals surface area contributed by atoms with E-state index in [1.165, 1.54) is 5.56 Å². The third-order valence-electron chi connectivity index (χ3n) is 7.90. The molecule has 1 aromatic carbocycles. The SMILES string of the molecule is COCCN1C[C@@H](c2ccccc2)CC[C@@H](CC(=O)N2CCC(n3c(=O)[nH]c4ncccc43)CC2)C1=O. The van der Waals surface area contributed by atoms with E-state index in [9.17, 15) is 14.4 Å². The lowest BCUT2D eigenvalue weighted by Gasteiger charge is -2.33. The Labute approximate surface area is 216 Å². The maximum absolute atomic E-state index is 13.5. The number of pyridine rings is 1. The van der Waals surface area contributed by atoms with Crippen molar-refractivity contribution in [2.75, 3.05) is 39.9 Å². The summed E-state index contributed by atoms with van der Waals surface area (Å²) >= 11 is 0. The van der Waals surface area contributed by atoms with E-state index in [4.69, 9.17) is 4.74 Å². The van der Waals surface area contributed by atoms with Gasteiger partial charge >= 0.3 is 5.69 Å². The predicted octanol–water partition coefficient (Wildman–Crippen LogP) is 2.95. The number of nitrogens with zero attached hydrogens (tertiary/aromatic N) is 4. The van der Waals surface area contributed by atoms with Crippen molar-refractivity contribution >= 4 is 23.0 Å². The molecule has 0 bridgehead atoms. The number of piperidine rings is 1. The van der Waals surface area contributed by atoms with Crippen molar-refractivity contribution < 1.29 is 14.3 Å². The highest BCUT2D eigenvalue weighted by Crippen LogP contribution is 2.32. The highest BCUT2D eigenvalue weighted by Gasteiger charge is 2.34. The molecule has 2 saturated heterocycles. The molecule has 4 heterocycles. The van der Waals surface area contributed by atoms with E-state index in [0.29, 0.717) is 57.7 Å². The molecule has 2 atom stereocenters. The van der Waals surface area contributed by atoms with Crippen LogP contribution in [0.4, 0.5) is 0 Å². The van der Waals surface area contributed by atoms with Crippen LogP contribution in [-0.4, -0.2) is 76.0 Å². The fraction of sp³-hybridized carbons (Fsp3) is 0.500. The van der Waals surface area contributed by atoms with Crippen LogP contribution in [0.5, 0.6) is 0 Å². The molecular weight excluding hydrogens is 470 g/mol. The number of fused-ring (bicyclic) bond motifs is 1. The van der Waals surface area contributed by atoms with E-state index < -0.39 is 0 Å². The van der Waals surface area contributed by atoms with Gasteiger partial charge in [0.15, 0.2) is 5.65 Å². The van der Waals surface area contributed by atoms with Gasteiger partial charge in [-0.2, -0.15) is 0 Å². The second-order valence-corrected chi connectivity index (χ2v) is 10.1. The lowest BCUT2D eigenvalue weighted by molar-refractivity contribution is -0.142. The number of hydrogen-bond acceptors (Lipinski definition) is 5. The van der Waals surface area contributed by atoms with Crippen LogP contribution in [-0.2, 0) is 14.3 Å². The summed E-state index contributed by atoms with van der Waals surface area (Å²) in [5.74, 6) is 0.00564. The minimum Gasteiger partial charge on any atom is -0.383 e. The molecule has 3 aromatic rings. The second-order valence-electron chi connectivity index (χ2n) is 10.1. The van der Waals surface area contributed by atoms with Crippen LogP contribution in [0.2, 0.25) is 0 Å². The van der Waals surface area contributed by atoms with Gasteiger partial charge in [0.05, 0.1) is 12.1 Å². The number of carbonyl (C=O) groups excluding carboxylic acids is 2. The highest BCUT2D eigenvalue weighted by molar-refractivity contribution is 5.86. The zero-order chi connectivity index (χ0) is 25.8. The van der Waals surface area contributed by atoms with Crippen molar-refractivity contribution in [3.8, 4) is 0 Å². The number of amides is 2. The van der Waals surface area contributed by atoms with Crippen LogP contribution in [0.1, 0.15) is 49.6 Å². The number of methoxy groups -OCH3 is 1. The maximum atomic E-state index is 13.5. The third-order valence-corrected chi connectivity index (χ3v) is 7.90. The summed E-state index contributed by atoms with van der Waals surface area (Å²) in [5.41, 5.74) is 2.45. The molecule has 2 aliphatic heterocycles. The third kappa shape index (κ3) is 5.46. The number of nitrogens with one attached hydrogen (secondary N) is 1. The van der Waals surface area contributed by atoms with Crippen molar-refractivity contribution in [3.05, 3.63) is 64.7 Å². The lowest BCUT2D eigenvalue weighted by Crippen LogP contribution is -2.43. The number of imidazole rings is 1. The van der Waals surface area contributed by atoms with E-state index in [1.54, 1.807) is 17.9 Å². The average molecular weight is 506 g/mol. The first kappa shape index (κ1) is 25.2. The molecule has 0 aliphatic carbocycles. The van der Waals surface area contributed by atoms with Gasteiger partial charge in [0.25, 0.3) is 0 Å². The summed E-state index contributed by atoms with van der Waals surface area (Å²) in [6.07, 6.45) is 4.85. The Morgan fingerprint density at radius 2 is 1.84 bits per heavy atom. The summed E-state index contributed by atoms with van der Waals surface area (Å²) in [6, 6.07) is 14.1. The van der Waals surface area contributed by atoms with Crippen molar-refractivity contribution in [2.24, 2.45) is 5.92 Å². The molecule has 5 rings (SSSR count). The molecule has 1 N–H and O–H groups in total. The summed E-state index contributed by atoms with van der Waals surface area (Å²) in [6.45, 7) is 2.80. The number of H-pyrrole nitrogens is 1. The standard InChI is InChI=1S/C28H35N5O4/c1-37-17-16-32-19-22(20-6-3-2-4-7-20)10-9-21(27(32)35)18-25(34)31-14-11-23(12-15-31)33-24-8-5-13-29-26(24)30-28(33)36/h2-8,13,21-23H,9-12,14-19H2,1H3,(H,29,30,36)/t21-,22-/m0/s1. The average Bonchev–Trinajstić information content (AvgIpc) is 3.19. The van der Waals surface area contributed by atoms with E-state index >= 15 is 0 Å². The number of aromatic nitrogens is 3. The van der Waals surface area contributed by atoms with Gasteiger partial charge in [0.2, 0.25) is 11.8 Å². The summed E-state index contributed by atoms with van der Waals surface area (Å²) in [5, 5.41) is 0. The predicted molar refractivity (Wildman–Crippen MR) is 140 cm³/mol. The molecule has 9 nitrogen and oxygen atoms in total. The molecule has 0 radical (unpaired) electrons. The van der Waals surface area contributed by atoms with Crippen molar-refractivity contribution in [1.29, 1.82) is 0 Å². The molecule has 196 valence electrons. The Balaban J connectivity index is 1.23. The van der Waals surface area contributed by atoms with E-state index in [-0.39, 0.29) is 41.8 Å². The first-order valence-electron chi connectivity index (χ1n) is 13.2. The molecule has 2 aliphatic rings. The lowest BCUT2D eigenvalue weighted by atomic mass is 9.90. The quantitative estimate of drug-likeness (QED) is 0.532. The minimum atomic E-state index is -0.321. The molecule has 2 aromatic heterocycles. The van der Waals surface area contributed by atoms with Crippen molar-refractivity contribution in [3.63, 3.8) is 0 Å². The molecule has 0 unspecified atom stereocenters.